The van der Waals surface area contributed by atoms with Gasteiger partial charge in [-0.05, 0) is 30.5 Å². The molecule has 1 unspecified atom stereocenters. The van der Waals surface area contributed by atoms with E-state index in [1.165, 1.54) is 4.80 Å². The van der Waals surface area contributed by atoms with Gasteiger partial charge >= 0.3 is 0 Å². The number of aromatic amines is 1. The smallest absolute Gasteiger partial charge is 0.270 e. The topological polar surface area (TPSA) is 115 Å². The number of carbonyl (C=O) groups is 2. The highest BCUT2D eigenvalue weighted by Gasteiger charge is 2.32. The maximum Gasteiger partial charge on any atom is 0.270 e. The number of carbonyl (C=O) groups excluding carboxylic acids is 2. The first-order valence-corrected chi connectivity index (χ1v) is 9.50. The summed E-state index contributed by atoms with van der Waals surface area (Å²) in [5, 5.41) is 12.4. The zero-order valence-electron chi connectivity index (χ0n) is 16.1. The molecule has 10 nitrogen and oxygen atoms in total. The molecule has 1 aliphatic carbocycles. The van der Waals surface area contributed by atoms with Crippen LogP contribution in [-0.4, -0.2) is 75.2 Å². The van der Waals surface area contributed by atoms with Crippen molar-refractivity contribution in [3.63, 3.8) is 0 Å². The van der Waals surface area contributed by atoms with Crippen LogP contribution < -0.4 is 0 Å². The van der Waals surface area contributed by atoms with E-state index in [9.17, 15) is 9.59 Å². The van der Waals surface area contributed by atoms with Crippen LogP contribution in [0.2, 0.25) is 0 Å². The van der Waals surface area contributed by atoms with Crippen LogP contribution in [0.5, 0.6) is 0 Å². The number of methoxy groups -OCH3 is 1. The van der Waals surface area contributed by atoms with Gasteiger partial charge in [0.1, 0.15) is 11.8 Å². The highest BCUT2D eigenvalue weighted by atomic mass is 16.5. The van der Waals surface area contributed by atoms with Crippen molar-refractivity contribution in [3.05, 3.63) is 28.3 Å². The van der Waals surface area contributed by atoms with Crippen LogP contribution in [0.4, 0.5) is 0 Å². The number of H-pyrrole nitrogens is 1. The van der Waals surface area contributed by atoms with Crippen LogP contribution in [-0.2, 0) is 22.4 Å². The molecule has 1 N–H and O–H groups in total. The third kappa shape index (κ3) is 3.45. The summed E-state index contributed by atoms with van der Waals surface area (Å²) in [6, 6.07) is 0. The van der Waals surface area contributed by atoms with E-state index < -0.39 is 6.10 Å². The Labute approximate surface area is 162 Å². The lowest BCUT2D eigenvalue weighted by atomic mass is 9.93. The van der Waals surface area contributed by atoms with Crippen LogP contribution in [0.1, 0.15) is 56.9 Å². The summed E-state index contributed by atoms with van der Waals surface area (Å²) in [5.41, 5.74) is 2.82. The number of tetrazole rings is 1. The van der Waals surface area contributed by atoms with E-state index in [1.54, 1.807) is 12.0 Å². The Balaban J connectivity index is 1.50. The molecule has 2 aromatic heterocycles. The molecule has 4 rings (SSSR count). The van der Waals surface area contributed by atoms with Gasteiger partial charge in [-0.15, -0.1) is 10.2 Å². The molecule has 150 valence electrons. The van der Waals surface area contributed by atoms with E-state index >= 15 is 0 Å². The minimum atomic E-state index is -0.430. The molecule has 0 radical (unpaired) electrons. The van der Waals surface area contributed by atoms with Crippen molar-refractivity contribution in [3.8, 4) is 0 Å². The van der Waals surface area contributed by atoms with Gasteiger partial charge in [-0.2, -0.15) is 4.80 Å². The number of aromatic nitrogens is 5. The van der Waals surface area contributed by atoms with E-state index in [0.29, 0.717) is 56.4 Å². The largest absolute Gasteiger partial charge is 0.383 e. The van der Waals surface area contributed by atoms with Gasteiger partial charge in [0.15, 0.2) is 5.78 Å². The molecule has 3 heterocycles. The molecule has 2 aliphatic rings. The number of hydrogen-bond acceptors (Lipinski definition) is 7. The Bertz CT molecular complexity index is 889. The summed E-state index contributed by atoms with van der Waals surface area (Å²) in [5.74, 6) is 0.442. The predicted octanol–water partition coefficient (Wildman–Crippen LogP) is 0.689. The summed E-state index contributed by atoms with van der Waals surface area (Å²) in [6.07, 6.45) is 1.74. The number of fused-ring (bicyclic) bond motifs is 1. The Morgan fingerprint density at radius 2 is 2.25 bits per heavy atom. The lowest BCUT2D eigenvalue weighted by molar-refractivity contribution is -0.0271. The second-order valence-electron chi connectivity index (χ2n) is 7.10. The summed E-state index contributed by atoms with van der Waals surface area (Å²) < 4.78 is 10.8. The number of ketones is 1. The van der Waals surface area contributed by atoms with Gasteiger partial charge in [-0.25, -0.2) is 0 Å². The van der Waals surface area contributed by atoms with Gasteiger partial charge < -0.3 is 19.4 Å². The molecule has 0 saturated carbocycles. The van der Waals surface area contributed by atoms with E-state index in [4.69, 9.17) is 9.47 Å². The van der Waals surface area contributed by atoms with Crippen molar-refractivity contribution in [2.75, 3.05) is 33.4 Å². The first-order valence-electron chi connectivity index (χ1n) is 9.50. The van der Waals surface area contributed by atoms with Crippen LogP contribution in [0.25, 0.3) is 0 Å². The molecule has 2 aromatic rings. The molecule has 1 fully saturated rings. The van der Waals surface area contributed by atoms with Gasteiger partial charge in [-0.1, -0.05) is 0 Å². The first-order chi connectivity index (χ1) is 13.6. The summed E-state index contributed by atoms with van der Waals surface area (Å²) >= 11 is 0. The number of hydrogen-bond donors (Lipinski definition) is 1. The highest BCUT2D eigenvalue weighted by molar-refractivity contribution is 6.04. The quantitative estimate of drug-likeness (QED) is 0.801. The van der Waals surface area contributed by atoms with Crippen LogP contribution in [0, 0.1) is 6.92 Å². The molecule has 1 amide bonds. The number of nitrogens with one attached hydrogen (secondary N) is 1. The summed E-state index contributed by atoms with van der Waals surface area (Å²) in [7, 11) is 1.61. The number of ether oxygens (including phenoxy) is 2. The van der Waals surface area contributed by atoms with Gasteiger partial charge in [0.25, 0.3) is 5.91 Å². The van der Waals surface area contributed by atoms with Crippen molar-refractivity contribution in [1.82, 2.24) is 30.1 Å². The number of amides is 1. The van der Waals surface area contributed by atoms with Crippen LogP contribution in [0.3, 0.4) is 0 Å². The standard InChI is InChI=1S/C18H24N6O4/c1-11-15-12(4-3-5-13(15)25)19-16(11)18(26)23-6-9-28-14(10-23)17-20-22-24(21-17)7-8-27-2/h14,19H,3-10H2,1-2H3. The van der Waals surface area contributed by atoms with Gasteiger partial charge in [0.2, 0.25) is 5.82 Å². The SMILES string of the molecule is COCCn1nnc(C2CN(C(=O)c3[nH]c4c(c3C)C(=O)CCC4)CCO2)n1. The van der Waals surface area contributed by atoms with E-state index in [2.05, 4.69) is 20.4 Å². The lowest BCUT2D eigenvalue weighted by Gasteiger charge is -2.31. The molecule has 10 heteroatoms. The first kappa shape index (κ1) is 18.8. The van der Waals surface area contributed by atoms with Gasteiger partial charge in [-0.3, -0.25) is 9.59 Å². The molecule has 0 spiro atoms. The van der Waals surface area contributed by atoms with Crippen molar-refractivity contribution in [2.45, 2.75) is 38.8 Å². The molecule has 0 aromatic carbocycles. The average molecular weight is 388 g/mol. The van der Waals surface area contributed by atoms with Gasteiger partial charge in [0.05, 0.1) is 26.3 Å². The maximum atomic E-state index is 13.1. The normalized spacial score (nSPS) is 19.7. The average Bonchev–Trinajstić information content (AvgIpc) is 3.31. The zero-order valence-corrected chi connectivity index (χ0v) is 16.1. The number of rotatable bonds is 5. The Morgan fingerprint density at radius 1 is 1.39 bits per heavy atom. The van der Waals surface area contributed by atoms with Gasteiger partial charge in [0, 0.05) is 31.3 Å². The second-order valence-corrected chi connectivity index (χ2v) is 7.10. The third-order valence-electron chi connectivity index (χ3n) is 5.26. The number of nitrogens with zero attached hydrogens (tertiary/aromatic N) is 5. The summed E-state index contributed by atoms with van der Waals surface area (Å²) in [4.78, 5) is 31.7. The Morgan fingerprint density at radius 3 is 3.04 bits per heavy atom. The van der Waals surface area contributed by atoms with E-state index in [1.807, 2.05) is 6.92 Å². The number of aryl methyl sites for hydroxylation is 1. The minimum Gasteiger partial charge on any atom is -0.383 e. The highest BCUT2D eigenvalue weighted by Crippen LogP contribution is 2.28. The number of Topliss-reactive ketones (excluding diaryl/α,β-unsaturated/α-hetero) is 1. The fourth-order valence-electron chi connectivity index (χ4n) is 3.79. The second kappa shape index (κ2) is 7.80. The predicted molar refractivity (Wildman–Crippen MR) is 97.1 cm³/mol. The van der Waals surface area contributed by atoms with E-state index in [0.717, 1.165) is 24.1 Å². The van der Waals surface area contributed by atoms with Crippen molar-refractivity contribution < 1.29 is 19.1 Å². The monoisotopic (exact) mass is 388 g/mol. The molecular weight excluding hydrogens is 364 g/mol. The van der Waals surface area contributed by atoms with Crippen LogP contribution in [0.15, 0.2) is 0 Å². The molecule has 1 saturated heterocycles. The summed E-state index contributed by atoms with van der Waals surface area (Å²) in [6.45, 7) is 4.03. The third-order valence-corrected chi connectivity index (χ3v) is 5.26. The number of morpholine rings is 1. The maximum absolute atomic E-state index is 13.1. The fraction of sp³-hybridized carbons (Fsp3) is 0.611. The zero-order chi connectivity index (χ0) is 19.7. The molecular formula is C18H24N6O4. The Kier molecular flexibility index (Phi) is 5.23. The van der Waals surface area contributed by atoms with Crippen LogP contribution >= 0.6 is 0 Å². The van der Waals surface area contributed by atoms with Crippen molar-refractivity contribution in [2.24, 2.45) is 0 Å². The molecule has 1 aliphatic heterocycles. The fourth-order valence-corrected chi connectivity index (χ4v) is 3.79. The van der Waals surface area contributed by atoms with Crippen molar-refractivity contribution >= 4 is 11.7 Å². The van der Waals surface area contributed by atoms with E-state index in [-0.39, 0.29) is 11.7 Å². The minimum absolute atomic E-state index is 0.116. The Hall–Kier alpha value is -2.59. The van der Waals surface area contributed by atoms with Crippen molar-refractivity contribution in [1.29, 1.82) is 0 Å². The molecule has 0 bridgehead atoms. The molecule has 1 atom stereocenters. The lowest BCUT2D eigenvalue weighted by Crippen LogP contribution is -2.43. The molecule has 28 heavy (non-hydrogen) atoms.